The van der Waals surface area contributed by atoms with Gasteiger partial charge >= 0.3 is 11.9 Å². The summed E-state index contributed by atoms with van der Waals surface area (Å²) < 4.78 is 0. The molecule has 2 amide bonds. The molecule has 8 N–H and O–H groups in total. The second kappa shape index (κ2) is 12.5. The van der Waals surface area contributed by atoms with Crippen molar-refractivity contribution < 1.29 is 29.4 Å². The average molecular weight is 384 g/mol. The van der Waals surface area contributed by atoms with Crippen LogP contribution in [0.3, 0.4) is 0 Å². The number of thiol groups is 1. The first-order valence-electron chi connectivity index (χ1n) is 7.84. The van der Waals surface area contributed by atoms with Crippen LogP contribution in [0.25, 0.3) is 0 Å². The van der Waals surface area contributed by atoms with E-state index in [0.717, 1.165) is 0 Å². The predicted molar refractivity (Wildman–Crippen MR) is 93.1 cm³/mol. The molecule has 0 aromatic heterocycles. The van der Waals surface area contributed by atoms with Crippen LogP contribution in [0.4, 0.5) is 0 Å². The Balaban J connectivity index is 4.54. The molecular formula is C14H26N4O6S. The van der Waals surface area contributed by atoms with Gasteiger partial charge in [-0.05, 0) is 32.2 Å². The van der Waals surface area contributed by atoms with Crippen LogP contribution in [-0.4, -0.2) is 64.4 Å². The van der Waals surface area contributed by atoms with Gasteiger partial charge in [-0.25, -0.2) is 4.79 Å². The molecular weight excluding hydrogens is 358 g/mol. The van der Waals surface area contributed by atoms with Gasteiger partial charge in [-0.15, -0.1) is 0 Å². The number of rotatable bonds is 13. The van der Waals surface area contributed by atoms with E-state index >= 15 is 0 Å². The van der Waals surface area contributed by atoms with Gasteiger partial charge in [0.05, 0.1) is 0 Å². The maximum absolute atomic E-state index is 12.1. The summed E-state index contributed by atoms with van der Waals surface area (Å²) >= 11 is 3.97. The number of hydrogen-bond acceptors (Lipinski definition) is 7. The van der Waals surface area contributed by atoms with Crippen molar-refractivity contribution in [3.8, 4) is 0 Å². The third-order valence-corrected chi connectivity index (χ3v) is 3.76. The maximum atomic E-state index is 12.1. The van der Waals surface area contributed by atoms with E-state index in [0.29, 0.717) is 19.4 Å². The molecule has 0 radical (unpaired) electrons. The van der Waals surface area contributed by atoms with Crippen LogP contribution in [0.15, 0.2) is 0 Å². The predicted octanol–water partition coefficient (Wildman–Crippen LogP) is -1.71. The molecule has 0 saturated carbocycles. The van der Waals surface area contributed by atoms with Crippen LogP contribution in [0.1, 0.15) is 32.1 Å². The quantitative estimate of drug-likeness (QED) is 0.0846. The first-order valence-corrected chi connectivity index (χ1v) is 8.48. The smallest absolute Gasteiger partial charge is 0.326 e. The highest BCUT2D eigenvalue weighted by atomic mass is 32.1. The summed E-state index contributed by atoms with van der Waals surface area (Å²) in [5, 5.41) is 22.5. The number of amides is 2. The molecule has 0 aromatic carbocycles. The van der Waals surface area contributed by atoms with Gasteiger partial charge in [-0.2, -0.15) is 12.6 Å². The fourth-order valence-electron chi connectivity index (χ4n) is 1.89. The van der Waals surface area contributed by atoms with Gasteiger partial charge in [0.2, 0.25) is 11.8 Å². The van der Waals surface area contributed by atoms with Crippen molar-refractivity contribution in [1.82, 2.24) is 10.6 Å². The number of carbonyl (C=O) groups is 4. The Morgan fingerprint density at radius 2 is 1.60 bits per heavy atom. The minimum Gasteiger partial charge on any atom is -0.480 e. The molecule has 0 rings (SSSR count). The van der Waals surface area contributed by atoms with E-state index in [9.17, 15) is 19.2 Å². The molecule has 10 nitrogen and oxygen atoms in total. The van der Waals surface area contributed by atoms with E-state index in [4.69, 9.17) is 21.7 Å². The van der Waals surface area contributed by atoms with Crippen LogP contribution in [0, 0.1) is 0 Å². The van der Waals surface area contributed by atoms with E-state index in [1.807, 2.05) is 0 Å². The van der Waals surface area contributed by atoms with Gasteiger partial charge in [0.25, 0.3) is 0 Å². The third kappa shape index (κ3) is 9.89. The Hall–Kier alpha value is -1.85. The molecule has 0 saturated heterocycles. The lowest BCUT2D eigenvalue weighted by molar-refractivity contribution is -0.142. The molecule has 0 aliphatic rings. The molecule has 0 aliphatic heterocycles. The number of unbranched alkanes of at least 4 members (excludes halogenated alkanes) is 1. The highest BCUT2D eigenvalue weighted by molar-refractivity contribution is 7.80. The van der Waals surface area contributed by atoms with E-state index in [-0.39, 0.29) is 25.0 Å². The highest BCUT2D eigenvalue weighted by Gasteiger charge is 2.25. The van der Waals surface area contributed by atoms with E-state index in [2.05, 4.69) is 23.3 Å². The molecule has 0 heterocycles. The van der Waals surface area contributed by atoms with Crippen LogP contribution in [-0.2, 0) is 19.2 Å². The molecule has 0 bridgehead atoms. The van der Waals surface area contributed by atoms with Crippen molar-refractivity contribution in [3.63, 3.8) is 0 Å². The number of nitrogens with one attached hydrogen (secondary N) is 2. The van der Waals surface area contributed by atoms with Crippen molar-refractivity contribution in [1.29, 1.82) is 0 Å². The zero-order valence-electron chi connectivity index (χ0n) is 13.8. The lowest BCUT2D eigenvalue weighted by Crippen LogP contribution is -2.52. The highest BCUT2D eigenvalue weighted by Crippen LogP contribution is 2.03. The van der Waals surface area contributed by atoms with Crippen LogP contribution in [0.2, 0.25) is 0 Å². The normalized spacial score (nSPS) is 14.2. The summed E-state index contributed by atoms with van der Waals surface area (Å²) in [5.74, 6) is -3.69. The van der Waals surface area contributed by atoms with Gasteiger partial charge < -0.3 is 32.3 Å². The van der Waals surface area contributed by atoms with Crippen molar-refractivity contribution in [3.05, 3.63) is 0 Å². The van der Waals surface area contributed by atoms with Crippen LogP contribution < -0.4 is 22.1 Å². The second-order valence-electron chi connectivity index (χ2n) is 5.47. The minimum atomic E-state index is -1.22. The molecule has 0 unspecified atom stereocenters. The zero-order chi connectivity index (χ0) is 19.4. The molecule has 11 heteroatoms. The number of carboxylic acids is 2. The molecule has 0 aromatic rings. The second-order valence-corrected chi connectivity index (χ2v) is 5.84. The van der Waals surface area contributed by atoms with Gasteiger partial charge in [0.15, 0.2) is 0 Å². The number of carboxylic acid groups (broad SMARTS) is 2. The Labute approximate surface area is 151 Å². The summed E-state index contributed by atoms with van der Waals surface area (Å²) in [7, 11) is 0. The number of nitrogens with two attached hydrogens (primary N) is 2. The average Bonchev–Trinajstić information content (AvgIpc) is 2.56. The fraction of sp³-hybridized carbons (Fsp3) is 0.714. The first-order chi connectivity index (χ1) is 11.7. The zero-order valence-corrected chi connectivity index (χ0v) is 14.7. The summed E-state index contributed by atoms with van der Waals surface area (Å²) in [6.07, 6.45) is 1.14. The van der Waals surface area contributed by atoms with Gasteiger partial charge in [-0.1, -0.05) is 0 Å². The Bertz CT molecular complexity index is 476. The summed E-state index contributed by atoms with van der Waals surface area (Å²) in [5.41, 5.74) is 10.6. The largest absolute Gasteiger partial charge is 0.480 e. The SMILES string of the molecule is NCCCC[C@H](NC(=O)[C@H](CS)N[13C](=O)[13CH2][13CH2][13C@@H]([15NH2])[13C](=O)O)C(=O)O. The van der Waals surface area contributed by atoms with Crippen molar-refractivity contribution >= 4 is 36.4 Å². The van der Waals surface area contributed by atoms with Crippen molar-refractivity contribution in [2.24, 2.45) is 11.5 Å². The topological polar surface area (TPSA) is 185 Å². The number of aliphatic carboxylic acids is 2. The lowest BCUT2D eigenvalue weighted by atomic mass is 10.1. The maximum Gasteiger partial charge on any atom is 0.326 e. The van der Waals surface area contributed by atoms with Crippen molar-refractivity contribution in [2.45, 2.75) is 50.2 Å². The summed E-state index contributed by atoms with van der Waals surface area (Å²) in [6, 6.07) is -3.29. The third-order valence-electron chi connectivity index (χ3n) is 3.40. The molecule has 0 spiro atoms. The molecule has 144 valence electrons. The minimum absolute atomic E-state index is 0.0440. The molecule has 0 fully saturated rings. The summed E-state index contributed by atoms with van der Waals surface area (Å²) in [4.78, 5) is 45.7. The Morgan fingerprint density at radius 1 is 0.960 bits per heavy atom. The Kier molecular flexibility index (Phi) is 11.6. The van der Waals surface area contributed by atoms with Gasteiger partial charge in [-0.3, -0.25) is 14.4 Å². The van der Waals surface area contributed by atoms with E-state index in [1.54, 1.807) is 0 Å². The van der Waals surface area contributed by atoms with E-state index in [1.165, 1.54) is 0 Å². The van der Waals surface area contributed by atoms with Crippen LogP contribution in [0.5, 0.6) is 0 Å². The lowest BCUT2D eigenvalue weighted by Gasteiger charge is -2.20. The van der Waals surface area contributed by atoms with Gasteiger partial charge in [0, 0.05) is 12.2 Å². The fourth-order valence-corrected chi connectivity index (χ4v) is 2.15. The van der Waals surface area contributed by atoms with Crippen molar-refractivity contribution in [2.75, 3.05) is 12.3 Å². The molecule has 25 heavy (non-hydrogen) atoms. The number of carbonyl (C=O) groups excluding carboxylic acids is 2. The van der Waals surface area contributed by atoms with Crippen LogP contribution >= 0.6 is 12.6 Å². The van der Waals surface area contributed by atoms with E-state index < -0.39 is 41.9 Å². The molecule has 3 atom stereocenters. The van der Waals surface area contributed by atoms with Gasteiger partial charge in [0.1, 0.15) is 18.1 Å². The standard InChI is InChI=1S/C14H26N4O6S/c15-6-2-1-3-9(14(23)24)18-12(20)10(7-25)17-11(19)5-4-8(16)13(21)22/h8-10,25H,1-7,15-16H2,(H,17,19)(H,18,20)(H,21,22)(H,23,24)/t8-,9+,10+/m1/s1/i4+1,5+1,8+1,11+1,13+1,16+1. The molecule has 0 aliphatic carbocycles. The number of hydrogen-bond donors (Lipinski definition) is 7. The Morgan fingerprint density at radius 3 is 2.08 bits per heavy atom. The first kappa shape index (κ1) is 23.1. The monoisotopic (exact) mass is 384 g/mol. The summed E-state index contributed by atoms with van der Waals surface area (Å²) in [6.45, 7) is 0.425.